The molecule has 20 heavy (non-hydrogen) atoms. The van der Waals surface area contributed by atoms with Crippen LogP contribution < -0.4 is 5.32 Å². The van der Waals surface area contributed by atoms with Crippen LogP contribution in [0, 0.1) is 5.41 Å². The van der Waals surface area contributed by atoms with Crippen molar-refractivity contribution in [1.82, 2.24) is 5.32 Å². The van der Waals surface area contributed by atoms with Gasteiger partial charge in [0.2, 0.25) is 0 Å². The molecule has 0 radical (unpaired) electrons. The van der Waals surface area contributed by atoms with Crippen molar-refractivity contribution in [3.63, 3.8) is 0 Å². The molecule has 2 atom stereocenters. The Kier molecular flexibility index (Phi) is 3.02. The van der Waals surface area contributed by atoms with Crippen LogP contribution in [0.4, 0.5) is 0 Å². The summed E-state index contributed by atoms with van der Waals surface area (Å²) >= 11 is 0. The highest BCUT2D eigenvalue weighted by molar-refractivity contribution is 5.98. The first-order valence-corrected chi connectivity index (χ1v) is 6.96. The molecule has 0 saturated heterocycles. The third-order valence-corrected chi connectivity index (χ3v) is 4.53. The number of hydrogen-bond acceptors (Lipinski definition) is 2. The smallest absolute Gasteiger partial charge is 0.251 e. The molecule has 3 heteroatoms. The van der Waals surface area contributed by atoms with Crippen LogP contribution in [0.15, 0.2) is 42.5 Å². The van der Waals surface area contributed by atoms with E-state index in [-0.39, 0.29) is 23.5 Å². The maximum absolute atomic E-state index is 12.3. The first-order valence-electron chi connectivity index (χ1n) is 6.96. The minimum atomic E-state index is -0.329. The fourth-order valence-electron chi connectivity index (χ4n) is 2.72. The molecule has 0 heterocycles. The molecule has 1 aliphatic carbocycles. The maximum atomic E-state index is 12.3. The topological polar surface area (TPSA) is 49.3 Å². The minimum absolute atomic E-state index is 0.0384. The lowest BCUT2D eigenvalue weighted by Crippen LogP contribution is -2.61. The molecular formula is C17H19NO2. The number of fused-ring (bicyclic) bond motifs is 1. The van der Waals surface area contributed by atoms with Gasteiger partial charge in [0.05, 0.1) is 6.10 Å². The van der Waals surface area contributed by atoms with Crippen molar-refractivity contribution in [2.45, 2.75) is 32.4 Å². The number of aliphatic hydroxyl groups excluding tert-OH is 1. The molecule has 0 bridgehead atoms. The summed E-state index contributed by atoms with van der Waals surface area (Å²) in [6.45, 7) is 3.96. The molecular weight excluding hydrogens is 250 g/mol. The molecule has 1 fully saturated rings. The van der Waals surface area contributed by atoms with E-state index < -0.39 is 0 Å². The molecule has 3 rings (SSSR count). The van der Waals surface area contributed by atoms with Crippen LogP contribution >= 0.6 is 0 Å². The molecule has 0 spiro atoms. The zero-order valence-electron chi connectivity index (χ0n) is 11.8. The molecule has 2 aromatic carbocycles. The van der Waals surface area contributed by atoms with Gasteiger partial charge in [-0.3, -0.25) is 4.79 Å². The highest BCUT2D eigenvalue weighted by Gasteiger charge is 2.47. The van der Waals surface area contributed by atoms with Crippen LogP contribution in [0.1, 0.15) is 30.6 Å². The molecule has 1 aliphatic rings. The summed E-state index contributed by atoms with van der Waals surface area (Å²) in [5.74, 6) is -0.0688. The third kappa shape index (κ3) is 2.08. The van der Waals surface area contributed by atoms with Gasteiger partial charge in [-0.25, -0.2) is 0 Å². The summed E-state index contributed by atoms with van der Waals surface area (Å²) in [6.07, 6.45) is 0.302. The van der Waals surface area contributed by atoms with E-state index in [1.165, 1.54) is 0 Å². The predicted octanol–water partition coefficient (Wildman–Crippen LogP) is 2.73. The Labute approximate surface area is 118 Å². The molecule has 2 N–H and O–H groups in total. The van der Waals surface area contributed by atoms with E-state index >= 15 is 0 Å². The van der Waals surface area contributed by atoms with E-state index in [1.54, 1.807) is 0 Å². The molecule has 2 aromatic rings. The molecule has 0 aliphatic heterocycles. The zero-order chi connectivity index (χ0) is 14.3. The lowest BCUT2D eigenvalue weighted by molar-refractivity contribution is -0.0689. The van der Waals surface area contributed by atoms with Gasteiger partial charge in [-0.15, -0.1) is 0 Å². The maximum Gasteiger partial charge on any atom is 0.251 e. The second-order valence-electron chi connectivity index (χ2n) is 6.16. The van der Waals surface area contributed by atoms with Gasteiger partial charge in [0.15, 0.2) is 0 Å². The molecule has 104 valence electrons. The van der Waals surface area contributed by atoms with E-state index in [2.05, 4.69) is 5.32 Å². The van der Waals surface area contributed by atoms with Crippen molar-refractivity contribution >= 4 is 16.7 Å². The van der Waals surface area contributed by atoms with Crippen molar-refractivity contribution in [3.05, 3.63) is 48.0 Å². The predicted molar refractivity (Wildman–Crippen MR) is 79.6 cm³/mol. The van der Waals surface area contributed by atoms with Crippen LogP contribution in [-0.4, -0.2) is 23.2 Å². The Morgan fingerprint density at radius 2 is 1.90 bits per heavy atom. The number of hydrogen-bond donors (Lipinski definition) is 2. The van der Waals surface area contributed by atoms with Crippen LogP contribution in [0.2, 0.25) is 0 Å². The van der Waals surface area contributed by atoms with E-state index in [0.29, 0.717) is 12.0 Å². The van der Waals surface area contributed by atoms with E-state index in [0.717, 1.165) is 10.8 Å². The first kappa shape index (κ1) is 13.1. The van der Waals surface area contributed by atoms with E-state index in [4.69, 9.17) is 0 Å². The lowest BCUT2D eigenvalue weighted by Gasteiger charge is -2.49. The van der Waals surface area contributed by atoms with Gasteiger partial charge >= 0.3 is 0 Å². The third-order valence-electron chi connectivity index (χ3n) is 4.53. The van der Waals surface area contributed by atoms with Crippen molar-refractivity contribution < 1.29 is 9.90 Å². The summed E-state index contributed by atoms with van der Waals surface area (Å²) < 4.78 is 0. The molecule has 2 unspecified atom stereocenters. The van der Waals surface area contributed by atoms with Gasteiger partial charge < -0.3 is 10.4 Å². The van der Waals surface area contributed by atoms with E-state index in [1.807, 2.05) is 56.3 Å². The molecule has 0 aromatic heterocycles. The summed E-state index contributed by atoms with van der Waals surface area (Å²) in [4.78, 5) is 12.3. The molecule has 1 saturated carbocycles. The Balaban J connectivity index is 1.79. The van der Waals surface area contributed by atoms with Crippen LogP contribution in [0.3, 0.4) is 0 Å². The fraction of sp³-hybridized carbons (Fsp3) is 0.353. The summed E-state index contributed by atoms with van der Waals surface area (Å²) in [5.41, 5.74) is 0.424. The Hall–Kier alpha value is -1.87. The molecule has 3 nitrogen and oxygen atoms in total. The van der Waals surface area contributed by atoms with Gasteiger partial charge in [-0.05, 0) is 29.3 Å². The fourth-order valence-corrected chi connectivity index (χ4v) is 2.72. The van der Waals surface area contributed by atoms with Crippen molar-refractivity contribution in [2.24, 2.45) is 5.41 Å². The highest BCUT2D eigenvalue weighted by atomic mass is 16.3. The van der Waals surface area contributed by atoms with Gasteiger partial charge in [-0.2, -0.15) is 0 Å². The van der Waals surface area contributed by atoms with E-state index in [9.17, 15) is 9.90 Å². The second kappa shape index (κ2) is 4.60. The van der Waals surface area contributed by atoms with Crippen molar-refractivity contribution in [3.8, 4) is 0 Å². The zero-order valence-corrected chi connectivity index (χ0v) is 11.8. The monoisotopic (exact) mass is 269 g/mol. The van der Waals surface area contributed by atoms with Crippen LogP contribution in [0.5, 0.6) is 0 Å². The average molecular weight is 269 g/mol. The SMILES string of the molecule is CC1(C)C(O)CC1NC(=O)c1ccc2ccccc2c1. The first-order chi connectivity index (χ1) is 9.48. The largest absolute Gasteiger partial charge is 0.392 e. The summed E-state index contributed by atoms with van der Waals surface area (Å²) in [7, 11) is 0. The lowest BCUT2D eigenvalue weighted by atomic mass is 9.64. The normalized spacial score (nSPS) is 24.1. The minimum Gasteiger partial charge on any atom is -0.392 e. The average Bonchev–Trinajstić information content (AvgIpc) is 2.46. The van der Waals surface area contributed by atoms with Gasteiger partial charge in [-0.1, -0.05) is 44.2 Å². The number of nitrogens with one attached hydrogen (secondary N) is 1. The number of benzene rings is 2. The number of amides is 1. The van der Waals surface area contributed by atoms with Crippen LogP contribution in [0.25, 0.3) is 10.8 Å². The molecule has 1 amide bonds. The second-order valence-corrected chi connectivity index (χ2v) is 6.16. The Morgan fingerprint density at radius 3 is 2.55 bits per heavy atom. The number of carbonyl (C=O) groups is 1. The summed E-state index contributed by atoms with van der Waals surface area (Å²) in [5, 5.41) is 14.9. The van der Waals surface area contributed by atoms with Crippen molar-refractivity contribution in [1.29, 1.82) is 0 Å². The van der Waals surface area contributed by atoms with Gasteiger partial charge in [0, 0.05) is 17.0 Å². The number of rotatable bonds is 2. The standard InChI is InChI=1S/C17H19NO2/c1-17(2)14(10-15(17)19)18-16(20)13-8-7-11-5-3-4-6-12(11)9-13/h3-9,14-15,19H,10H2,1-2H3,(H,18,20). The number of aliphatic hydroxyl groups is 1. The highest BCUT2D eigenvalue weighted by Crippen LogP contribution is 2.40. The van der Waals surface area contributed by atoms with Crippen molar-refractivity contribution in [2.75, 3.05) is 0 Å². The van der Waals surface area contributed by atoms with Gasteiger partial charge in [0.1, 0.15) is 0 Å². The Morgan fingerprint density at radius 1 is 1.20 bits per heavy atom. The quantitative estimate of drug-likeness (QED) is 0.880. The van der Waals surface area contributed by atoms with Gasteiger partial charge in [0.25, 0.3) is 5.91 Å². The Bertz CT molecular complexity index is 663. The van der Waals surface area contributed by atoms with Crippen LogP contribution in [-0.2, 0) is 0 Å². The summed E-state index contributed by atoms with van der Waals surface area (Å²) in [6, 6.07) is 13.7. The number of carbonyl (C=O) groups excluding carboxylic acids is 1.